The predicted molar refractivity (Wildman–Crippen MR) is 201 cm³/mol. The van der Waals surface area contributed by atoms with Crippen molar-refractivity contribution in [3.05, 3.63) is 118 Å². The van der Waals surface area contributed by atoms with Gasteiger partial charge in [0.2, 0.25) is 17.7 Å². The van der Waals surface area contributed by atoms with Crippen LogP contribution in [0.1, 0.15) is 71.1 Å². The average Bonchev–Trinajstić information content (AvgIpc) is 3.43. The number of carbonyl (C=O) groups excluding carboxylic acids is 3. The summed E-state index contributed by atoms with van der Waals surface area (Å²) in [6, 6.07) is 27.0. The van der Waals surface area contributed by atoms with Gasteiger partial charge in [0.1, 0.15) is 5.37 Å². The molecule has 0 radical (unpaired) electrons. The van der Waals surface area contributed by atoms with E-state index in [2.05, 4.69) is 48.7 Å². The summed E-state index contributed by atoms with van der Waals surface area (Å²) in [6.07, 6.45) is 0.579. The Kier molecular flexibility index (Phi) is 12.3. The average molecular weight is 715 g/mol. The largest absolute Gasteiger partial charge is 0.493 e. The fourth-order valence-corrected chi connectivity index (χ4v) is 7.41. The van der Waals surface area contributed by atoms with Crippen molar-refractivity contribution >= 4 is 52.5 Å². The summed E-state index contributed by atoms with van der Waals surface area (Å²) in [5.41, 5.74) is 11.5. The first-order valence-electron chi connectivity index (χ1n) is 16.6. The van der Waals surface area contributed by atoms with Crippen LogP contribution in [0.15, 0.2) is 84.9 Å². The van der Waals surface area contributed by atoms with E-state index in [0.717, 1.165) is 16.8 Å². The number of nitrogens with two attached hydrogens (primary N) is 1. The van der Waals surface area contributed by atoms with Crippen LogP contribution < -0.4 is 30.7 Å². The summed E-state index contributed by atoms with van der Waals surface area (Å²) < 4.78 is 11.0. The molecule has 4 aromatic carbocycles. The fourth-order valence-electron chi connectivity index (χ4n) is 5.74. The number of methoxy groups -OCH3 is 1. The molecule has 0 unspecified atom stereocenters. The summed E-state index contributed by atoms with van der Waals surface area (Å²) in [4.78, 5) is 40.9. The Morgan fingerprint density at radius 1 is 0.960 bits per heavy atom. The van der Waals surface area contributed by atoms with Crippen molar-refractivity contribution in [2.45, 2.75) is 56.7 Å². The van der Waals surface area contributed by atoms with Crippen molar-refractivity contribution in [3.8, 4) is 11.5 Å². The molecular weight excluding hydrogens is 672 g/mol. The third-order valence-electron chi connectivity index (χ3n) is 8.51. The Morgan fingerprint density at radius 2 is 1.68 bits per heavy atom. The van der Waals surface area contributed by atoms with Crippen molar-refractivity contribution in [3.63, 3.8) is 0 Å². The molecule has 0 spiro atoms. The van der Waals surface area contributed by atoms with Gasteiger partial charge < -0.3 is 25.8 Å². The third-order valence-corrected chi connectivity index (χ3v) is 10.3. The molecule has 11 heteroatoms. The molecule has 0 aromatic heterocycles. The summed E-state index contributed by atoms with van der Waals surface area (Å²) in [7, 11) is 1.59. The zero-order valence-electron chi connectivity index (χ0n) is 28.7. The molecule has 262 valence electrons. The lowest BCUT2D eigenvalue weighted by atomic mass is 10.0. The Hall–Kier alpha value is -4.67. The van der Waals surface area contributed by atoms with Crippen LogP contribution in [0.3, 0.4) is 0 Å². The van der Waals surface area contributed by atoms with Gasteiger partial charge >= 0.3 is 0 Å². The van der Waals surface area contributed by atoms with Gasteiger partial charge in [-0.1, -0.05) is 67.9 Å². The third kappa shape index (κ3) is 8.91. The van der Waals surface area contributed by atoms with E-state index in [-0.39, 0.29) is 28.8 Å². The van der Waals surface area contributed by atoms with Crippen LogP contribution in [0.5, 0.6) is 11.5 Å². The minimum atomic E-state index is -0.692. The highest BCUT2D eigenvalue weighted by molar-refractivity contribution is 8.01. The van der Waals surface area contributed by atoms with Crippen LogP contribution in [-0.4, -0.2) is 43.2 Å². The van der Waals surface area contributed by atoms with E-state index in [1.807, 2.05) is 49.4 Å². The van der Waals surface area contributed by atoms with Crippen LogP contribution in [0, 0.1) is 0 Å². The lowest BCUT2D eigenvalue weighted by Crippen LogP contribution is -2.34. The molecule has 3 amide bonds. The maximum atomic E-state index is 14.0. The maximum absolute atomic E-state index is 14.0. The number of nitrogens with zero attached hydrogens (tertiary/aromatic N) is 1. The predicted octanol–water partition coefficient (Wildman–Crippen LogP) is 7.48. The molecule has 4 aromatic rings. The van der Waals surface area contributed by atoms with Gasteiger partial charge in [-0.25, -0.2) is 0 Å². The minimum Gasteiger partial charge on any atom is -0.493 e. The van der Waals surface area contributed by atoms with Gasteiger partial charge in [0.15, 0.2) is 11.5 Å². The number of amides is 3. The lowest BCUT2D eigenvalue weighted by Gasteiger charge is -2.25. The Labute approximate surface area is 302 Å². The maximum Gasteiger partial charge on any atom is 0.250 e. The quantitative estimate of drug-likeness (QED) is 0.117. The molecule has 0 bridgehead atoms. The number of thioether (sulfide) groups is 1. The zero-order valence-corrected chi connectivity index (χ0v) is 30.3. The molecule has 2 atom stereocenters. The van der Waals surface area contributed by atoms with Gasteiger partial charge in [-0.3, -0.25) is 19.3 Å². The topological polar surface area (TPSA) is 123 Å². The number of benzene rings is 4. The van der Waals surface area contributed by atoms with E-state index < -0.39 is 16.5 Å². The number of halogens is 1. The molecule has 9 nitrogen and oxygen atoms in total. The first kappa shape index (κ1) is 36.6. The van der Waals surface area contributed by atoms with Crippen LogP contribution in [0.4, 0.5) is 11.4 Å². The van der Waals surface area contributed by atoms with E-state index >= 15 is 0 Å². The van der Waals surface area contributed by atoms with E-state index in [1.54, 1.807) is 24.1 Å². The van der Waals surface area contributed by atoms with Gasteiger partial charge in [-0.2, -0.15) is 0 Å². The summed E-state index contributed by atoms with van der Waals surface area (Å²) in [6.45, 7) is 7.84. The van der Waals surface area contributed by atoms with E-state index in [4.69, 9.17) is 26.8 Å². The molecule has 1 aliphatic heterocycles. The SMILES string of the molecule is CCOc1cc(CCNC(=O)C[C@H]2S[C@@H](c3ccc(NCc4ccc(C(C)C)cc4)cc3)N(c3ccc(Cl)c(C(N)=O)c3)C2=O)ccc1OC. The highest BCUT2D eigenvalue weighted by Gasteiger charge is 2.43. The number of ether oxygens (including phenoxy) is 2. The normalized spacial score (nSPS) is 15.6. The number of carbonyl (C=O) groups is 3. The molecule has 1 heterocycles. The summed E-state index contributed by atoms with van der Waals surface area (Å²) in [5, 5.41) is 5.53. The fraction of sp³-hybridized carbons (Fsp3) is 0.308. The first-order chi connectivity index (χ1) is 24.1. The minimum absolute atomic E-state index is 0.00515. The Morgan fingerprint density at radius 3 is 2.34 bits per heavy atom. The number of hydrogen-bond acceptors (Lipinski definition) is 7. The highest BCUT2D eigenvalue weighted by Crippen LogP contribution is 2.47. The van der Waals surface area contributed by atoms with Gasteiger partial charge in [0.05, 0.1) is 29.6 Å². The van der Waals surface area contributed by atoms with Gasteiger partial charge in [-0.15, -0.1) is 11.8 Å². The van der Waals surface area contributed by atoms with Gasteiger partial charge in [0.25, 0.3) is 0 Å². The van der Waals surface area contributed by atoms with Crippen LogP contribution in [0.2, 0.25) is 5.02 Å². The van der Waals surface area contributed by atoms with Crippen molar-refractivity contribution < 1.29 is 23.9 Å². The molecule has 5 rings (SSSR count). The first-order valence-corrected chi connectivity index (χ1v) is 18.0. The zero-order chi connectivity index (χ0) is 35.8. The molecule has 1 fully saturated rings. The second kappa shape index (κ2) is 16.8. The number of nitrogens with one attached hydrogen (secondary N) is 2. The monoisotopic (exact) mass is 714 g/mol. The van der Waals surface area contributed by atoms with Gasteiger partial charge in [-0.05, 0) is 84.0 Å². The lowest BCUT2D eigenvalue weighted by molar-refractivity contribution is -0.124. The van der Waals surface area contributed by atoms with E-state index in [9.17, 15) is 14.4 Å². The molecule has 0 saturated carbocycles. The summed E-state index contributed by atoms with van der Waals surface area (Å²) in [5.74, 6) is 0.621. The standard InChI is InChI=1S/C39H43ClN4O5S/c1-5-49-34-20-25(8-17-33(34)48-4)18-19-42-36(45)22-35-38(47)44(30-15-16-32(40)31(21-30)37(41)46)39(50-35)28-11-13-29(14-12-28)43-23-26-6-9-27(10-7-26)24(2)3/h6-17,20-21,24,35,39,43H,5,18-19,22-23H2,1-4H3,(H2,41,46)(H,42,45)/t35-,39+/m1/s1. The van der Waals surface area contributed by atoms with E-state index in [1.165, 1.54) is 29.0 Å². The number of hydrogen-bond donors (Lipinski definition) is 3. The number of rotatable bonds is 15. The number of anilines is 2. The summed E-state index contributed by atoms with van der Waals surface area (Å²) >= 11 is 7.65. The van der Waals surface area contributed by atoms with E-state index in [0.29, 0.717) is 49.2 Å². The second-order valence-electron chi connectivity index (χ2n) is 12.3. The molecular formula is C39H43ClN4O5S. The van der Waals surface area contributed by atoms with Crippen molar-refractivity contribution in [2.75, 3.05) is 30.5 Å². The van der Waals surface area contributed by atoms with Crippen LogP contribution >= 0.6 is 23.4 Å². The Balaban J connectivity index is 1.28. The molecule has 50 heavy (non-hydrogen) atoms. The van der Waals surface area contributed by atoms with Crippen LogP contribution in [-0.2, 0) is 22.6 Å². The van der Waals surface area contributed by atoms with Crippen molar-refractivity contribution in [2.24, 2.45) is 5.73 Å². The molecule has 4 N–H and O–H groups in total. The molecule has 1 saturated heterocycles. The van der Waals surface area contributed by atoms with Crippen LogP contribution in [0.25, 0.3) is 0 Å². The van der Waals surface area contributed by atoms with Gasteiger partial charge in [0, 0.05) is 30.9 Å². The highest BCUT2D eigenvalue weighted by atomic mass is 35.5. The molecule has 1 aliphatic rings. The smallest absolute Gasteiger partial charge is 0.250 e. The molecule has 0 aliphatic carbocycles. The van der Waals surface area contributed by atoms with Crippen molar-refractivity contribution in [1.29, 1.82) is 0 Å². The Bertz CT molecular complexity index is 1820. The number of primary amides is 1. The van der Waals surface area contributed by atoms with Crippen molar-refractivity contribution in [1.82, 2.24) is 5.32 Å². The second-order valence-corrected chi connectivity index (χ2v) is 14.0.